The summed E-state index contributed by atoms with van der Waals surface area (Å²) in [5, 5.41) is 4.37. The highest BCUT2D eigenvalue weighted by molar-refractivity contribution is 7.99. The Labute approximate surface area is 124 Å². The molecule has 0 bridgehead atoms. The molecule has 2 rings (SSSR count). The van der Waals surface area contributed by atoms with Gasteiger partial charge in [0.1, 0.15) is 0 Å². The number of fused-ring (bicyclic) bond motifs is 1. The van der Waals surface area contributed by atoms with Crippen molar-refractivity contribution in [3.8, 4) is 0 Å². The number of aromatic amines is 1. The van der Waals surface area contributed by atoms with Gasteiger partial charge in [0.15, 0.2) is 5.16 Å². The van der Waals surface area contributed by atoms with Crippen LogP contribution in [-0.2, 0) is 4.74 Å². The fourth-order valence-electron chi connectivity index (χ4n) is 1.84. The summed E-state index contributed by atoms with van der Waals surface area (Å²) < 4.78 is 5.49. The van der Waals surface area contributed by atoms with Crippen LogP contribution in [0.2, 0.25) is 0 Å². The van der Waals surface area contributed by atoms with Crippen molar-refractivity contribution in [2.75, 3.05) is 32.1 Å². The van der Waals surface area contributed by atoms with Gasteiger partial charge in [0.25, 0.3) is 0 Å². The number of hydrogen-bond donors (Lipinski definition) is 2. The number of imidazole rings is 1. The number of benzene rings is 1. The van der Waals surface area contributed by atoms with Crippen molar-refractivity contribution in [2.24, 2.45) is 0 Å². The molecule has 110 valence electrons. The van der Waals surface area contributed by atoms with Gasteiger partial charge in [-0.2, -0.15) is 0 Å². The van der Waals surface area contributed by atoms with Gasteiger partial charge in [-0.3, -0.25) is 0 Å². The molecule has 0 aliphatic heterocycles. The fraction of sp³-hybridized carbons (Fsp3) is 0.533. The summed E-state index contributed by atoms with van der Waals surface area (Å²) in [7, 11) is 0. The molecule has 2 N–H and O–H groups in total. The zero-order valence-corrected chi connectivity index (χ0v) is 12.8. The number of hydrogen-bond acceptors (Lipinski definition) is 4. The van der Waals surface area contributed by atoms with Gasteiger partial charge in [-0.25, -0.2) is 4.98 Å². The van der Waals surface area contributed by atoms with Gasteiger partial charge in [0.05, 0.1) is 17.6 Å². The molecule has 1 aromatic carbocycles. The molecule has 0 aliphatic rings. The van der Waals surface area contributed by atoms with Crippen LogP contribution >= 0.6 is 11.8 Å². The lowest BCUT2D eigenvalue weighted by atomic mass is 10.3. The molecule has 0 aliphatic carbocycles. The van der Waals surface area contributed by atoms with Crippen molar-refractivity contribution in [3.63, 3.8) is 0 Å². The van der Waals surface area contributed by atoms with Crippen molar-refractivity contribution in [1.29, 1.82) is 0 Å². The number of H-pyrrole nitrogens is 1. The van der Waals surface area contributed by atoms with Crippen LogP contribution in [0.1, 0.15) is 19.8 Å². The number of unbranched alkanes of at least 4 members (excludes halogenated alkanes) is 1. The predicted octanol–water partition coefficient (Wildman–Crippen LogP) is 3.06. The van der Waals surface area contributed by atoms with E-state index in [-0.39, 0.29) is 0 Å². The number of para-hydroxylation sites is 2. The number of ether oxygens (including phenoxy) is 1. The Morgan fingerprint density at radius 1 is 1.25 bits per heavy atom. The third-order valence-corrected chi connectivity index (χ3v) is 3.83. The zero-order chi connectivity index (χ0) is 14.0. The summed E-state index contributed by atoms with van der Waals surface area (Å²) in [6, 6.07) is 8.12. The normalized spacial score (nSPS) is 11.2. The van der Waals surface area contributed by atoms with Crippen molar-refractivity contribution < 1.29 is 4.74 Å². The van der Waals surface area contributed by atoms with Crippen molar-refractivity contribution in [3.05, 3.63) is 24.3 Å². The molecule has 1 heterocycles. The van der Waals surface area contributed by atoms with Crippen LogP contribution in [0.4, 0.5) is 0 Å². The first-order chi connectivity index (χ1) is 9.90. The van der Waals surface area contributed by atoms with Crippen molar-refractivity contribution in [2.45, 2.75) is 24.9 Å². The average molecular weight is 293 g/mol. The van der Waals surface area contributed by atoms with E-state index in [2.05, 4.69) is 28.3 Å². The summed E-state index contributed by atoms with van der Waals surface area (Å²) in [6.45, 7) is 5.75. The molecule has 0 atom stereocenters. The molecule has 1 aromatic heterocycles. The number of nitrogens with one attached hydrogen (secondary N) is 2. The van der Waals surface area contributed by atoms with Crippen molar-refractivity contribution in [1.82, 2.24) is 15.3 Å². The molecule has 0 saturated heterocycles. The second kappa shape index (κ2) is 9.00. The van der Waals surface area contributed by atoms with Crippen LogP contribution in [0.3, 0.4) is 0 Å². The molecule has 0 amide bonds. The lowest BCUT2D eigenvalue weighted by Gasteiger charge is -2.04. The standard InChI is InChI=1S/C15H23N3OS/c1-2-3-10-19-11-8-16-9-12-20-15-17-13-6-4-5-7-14(13)18-15/h4-7,16H,2-3,8-12H2,1H3,(H,17,18). The Morgan fingerprint density at radius 3 is 3.00 bits per heavy atom. The third-order valence-electron chi connectivity index (χ3n) is 2.95. The lowest BCUT2D eigenvalue weighted by Crippen LogP contribution is -2.22. The summed E-state index contributed by atoms with van der Waals surface area (Å²) >= 11 is 1.75. The van der Waals surface area contributed by atoms with E-state index in [4.69, 9.17) is 4.74 Å². The molecule has 4 nitrogen and oxygen atoms in total. The first-order valence-corrected chi connectivity index (χ1v) is 8.24. The van der Waals surface area contributed by atoms with Gasteiger partial charge in [-0.05, 0) is 18.6 Å². The molecule has 20 heavy (non-hydrogen) atoms. The Morgan fingerprint density at radius 2 is 2.15 bits per heavy atom. The monoisotopic (exact) mass is 293 g/mol. The third kappa shape index (κ3) is 5.15. The summed E-state index contributed by atoms with van der Waals surface area (Å²) in [6.07, 6.45) is 2.35. The summed E-state index contributed by atoms with van der Waals surface area (Å²) in [5.41, 5.74) is 2.14. The maximum Gasteiger partial charge on any atom is 0.166 e. The van der Waals surface area contributed by atoms with Crippen LogP contribution in [0, 0.1) is 0 Å². The molecule has 0 saturated carbocycles. The second-order valence-corrected chi connectivity index (χ2v) is 5.71. The van der Waals surface area contributed by atoms with Crippen LogP contribution in [0.5, 0.6) is 0 Å². The van der Waals surface area contributed by atoms with Gasteiger partial charge in [-0.1, -0.05) is 37.2 Å². The van der Waals surface area contributed by atoms with E-state index in [1.807, 2.05) is 18.2 Å². The van der Waals surface area contributed by atoms with Crippen LogP contribution < -0.4 is 5.32 Å². The van der Waals surface area contributed by atoms with Crippen molar-refractivity contribution >= 4 is 22.8 Å². The molecule has 5 heteroatoms. The Bertz CT molecular complexity index is 468. The highest BCUT2D eigenvalue weighted by Crippen LogP contribution is 2.18. The molecule has 0 spiro atoms. The van der Waals surface area contributed by atoms with E-state index >= 15 is 0 Å². The molecule has 0 radical (unpaired) electrons. The predicted molar refractivity (Wildman–Crippen MR) is 85.4 cm³/mol. The van der Waals surface area contributed by atoms with Crippen LogP contribution in [-0.4, -0.2) is 42.0 Å². The minimum atomic E-state index is 0.801. The van der Waals surface area contributed by atoms with Gasteiger partial charge in [0, 0.05) is 25.4 Å². The Balaban J connectivity index is 1.55. The van der Waals surface area contributed by atoms with E-state index in [0.717, 1.165) is 54.7 Å². The van der Waals surface area contributed by atoms with Gasteiger partial charge in [-0.15, -0.1) is 0 Å². The van der Waals surface area contributed by atoms with E-state index in [1.165, 1.54) is 6.42 Å². The minimum absolute atomic E-state index is 0.801. The van der Waals surface area contributed by atoms with E-state index < -0.39 is 0 Å². The molecule has 0 fully saturated rings. The van der Waals surface area contributed by atoms with Crippen LogP contribution in [0.15, 0.2) is 29.4 Å². The van der Waals surface area contributed by atoms with Gasteiger partial charge >= 0.3 is 0 Å². The molecular formula is C15H23N3OS. The number of nitrogens with zero attached hydrogens (tertiary/aromatic N) is 1. The highest BCUT2D eigenvalue weighted by atomic mass is 32.2. The maximum absolute atomic E-state index is 5.49. The first kappa shape index (κ1) is 15.4. The fourth-order valence-corrected chi connectivity index (χ4v) is 2.62. The van der Waals surface area contributed by atoms with Gasteiger partial charge in [0.2, 0.25) is 0 Å². The average Bonchev–Trinajstić information content (AvgIpc) is 2.88. The number of thioether (sulfide) groups is 1. The van der Waals surface area contributed by atoms with E-state index in [1.54, 1.807) is 11.8 Å². The van der Waals surface area contributed by atoms with Crippen LogP contribution in [0.25, 0.3) is 11.0 Å². The quantitative estimate of drug-likeness (QED) is 0.522. The largest absolute Gasteiger partial charge is 0.380 e. The van der Waals surface area contributed by atoms with E-state index in [9.17, 15) is 0 Å². The number of aromatic nitrogens is 2. The molecular weight excluding hydrogens is 270 g/mol. The summed E-state index contributed by atoms with van der Waals surface area (Å²) in [5.74, 6) is 1.01. The number of rotatable bonds is 10. The minimum Gasteiger partial charge on any atom is -0.380 e. The Kier molecular flexibility index (Phi) is 6.91. The van der Waals surface area contributed by atoms with Gasteiger partial charge < -0.3 is 15.0 Å². The zero-order valence-electron chi connectivity index (χ0n) is 12.0. The smallest absolute Gasteiger partial charge is 0.166 e. The topological polar surface area (TPSA) is 49.9 Å². The maximum atomic E-state index is 5.49. The lowest BCUT2D eigenvalue weighted by molar-refractivity contribution is 0.133. The van der Waals surface area contributed by atoms with E-state index in [0.29, 0.717) is 0 Å². The Hall–Kier alpha value is -1.04. The summed E-state index contributed by atoms with van der Waals surface area (Å²) in [4.78, 5) is 7.86. The second-order valence-electron chi connectivity index (χ2n) is 4.62. The SMILES string of the molecule is CCCCOCCNCCSc1nc2ccccc2[nH]1. The highest BCUT2D eigenvalue weighted by Gasteiger charge is 2.01. The first-order valence-electron chi connectivity index (χ1n) is 7.26. The molecule has 0 unspecified atom stereocenters. The molecule has 2 aromatic rings.